The number of ether oxygens (including phenoxy) is 1. The van der Waals surface area contributed by atoms with Crippen molar-refractivity contribution in [3.63, 3.8) is 0 Å². The van der Waals surface area contributed by atoms with Crippen LogP contribution in [0, 0.1) is 0 Å². The van der Waals surface area contributed by atoms with E-state index in [1.165, 1.54) is 18.2 Å². The molecule has 35 heavy (non-hydrogen) atoms. The molecule has 0 atom stereocenters. The minimum Gasteiger partial charge on any atom is -0.489 e. The minimum absolute atomic E-state index is 0.0250. The Morgan fingerprint density at radius 2 is 1.91 bits per heavy atom. The molecule has 1 aromatic heterocycles. The zero-order chi connectivity index (χ0) is 24.0. The van der Waals surface area contributed by atoms with E-state index in [9.17, 15) is 4.79 Å². The molecule has 1 aliphatic carbocycles. The maximum atomic E-state index is 13.5. The lowest BCUT2D eigenvalue weighted by atomic mass is 9.94. The fraction of sp³-hybridized carbons (Fsp3) is 0.250. The molecular formula is C28H26ClN3O2S. The van der Waals surface area contributed by atoms with Crippen LogP contribution in [0.15, 0.2) is 83.0 Å². The molecule has 5 nitrogen and oxygen atoms in total. The normalized spacial score (nSPS) is 19.0. The number of benzene rings is 2. The first-order valence-electron chi connectivity index (χ1n) is 11.8. The third-order valence-electron chi connectivity index (χ3n) is 6.12. The van der Waals surface area contributed by atoms with Crippen LogP contribution in [0.3, 0.4) is 0 Å². The van der Waals surface area contributed by atoms with E-state index in [1.54, 1.807) is 12.4 Å². The van der Waals surface area contributed by atoms with E-state index in [2.05, 4.69) is 4.98 Å². The standard InChI is InChI=1S/C28H26ClN3O2S/c29-22-13-11-20(12-14-22)19-34-25-10-4-6-21(16-25)17-26-27(33)32(24-8-2-1-3-9-24)28(35-26)31-23-7-5-15-30-18-23/h4-7,10-18,24H,1-3,8-9,19H2/b26-17-,31-28?. The number of hydrogen-bond acceptors (Lipinski definition) is 5. The maximum absolute atomic E-state index is 13.5. The molecule has 2 aliphatic rings. The lowest BCUT2D eigenvalue weighted by molar-refractivity contribution is -0.124. The Kier molecular flexibility index (Phi) is 7.50. The molecule has 1 amide bonds. The molecule has 0 radical (unpaired) electrons. The number of amidine groups is 1. The first kappa shape index (κ1) is 23.6. The van der Waals surface area contributed by atoms with Crippen molar-refractivity contribution in [3.8, 4) is 5.75 Å². The molecule has 0 unspecified atom stereocenters. The summed E-state index contributed by atoms with van der Waals surface area (Å²) in [6.45, 7) is 0.447. The van der Waals surface area contributed by atoms with Crippen molar-refractivity contribution in [2.24, 2.45) is 4.99 Å². The molecule has 178 valence electrons. The average Bonchev–Trinajstić information content (AvgIpc) is 3.19. The van der Waals surface area contributed by atoms with Gasteiger partial charge in [-0.2, -0.15) is 0 Å². The second kappa shape index (κ2) is 11.1. The van der Waals surface area contributed by atoms with Gasteiger partial charge in [0.15, 0.2) is 5.17 Å². The number of thioether (sulfide) groups is 1. The third-order valence-corrected chi connectivity index (χ3v) is 7.36. The average molecular weight is 504 g/mol. The van der Waals surface area contributed by atoms with Gasteiger partial charge in [-0.05, 0) is 78.2 Å². The number of aliphatic imine (C=N–C) groups is 1. The number of rotatable bonds is 6. The van der Waals surface area contributed by atoms with Crippen LogP contribution < -0.4 is 4.74 Å². The van der Waals surface area contributed by atoms with Crippen LogP contribution >= 0.6 is 23.4 Å². The number of halogens is 1. The number of pyridine rings is 1. The van der Waals surface area contributed by atoms with Crippen LogP contribution in [0.5, 0.6) is 5.75 Å². The van der Waals surface area contributed by atoms with Crippen molar-refractivity contribution in [1.82, 2.24) is 9.88 Å². The van der Waals surface area contributed by atoms with Crippen molar-refractivity contribution in [3.05, 3.63) is 94.1 Å². The Hall–Kier alpha value is -3.09. The molecule has 0 bridgehead atoms. The molecule has 3 aromatic rings. The highest BCUT2D eigenvalue weighted by Crippen LogP contribution is 2.38. The summed E-state index contributed by atoms with van der Waals surface area (Å²) in [6, 6.07) is 19.4. The molecule has 1 saturated heterocycles. The van der Waals surface area contributed by atoms with Crippen LogP contribution in [0.2, 0.25) is 5.02 Å². The van der Waals surface area contributed by atoms with E-state index >= 15 is 0 Å². The van der Waals surface area contributed by atoms with Gasteiger partial charge in [-0.1, -0.05) is 55.1 Å². The van der Waals surface area contributed by atoms with E-state index in [0.29, 0.717) is 16.5 Å². The predicted molar refractivity (Wildman–Crippen MR) is 143 cm³/mol. The summed E-state index contributed by atoms with van der Waals surface area (Å²) in [5.41, 5.74) is 2.71. The largest absolute Gasteiger partial charge is 0.489 e. The number of amides is 1. The van der Waals surface area contributed by atoms with E-state index < -0.39 is 0 Å². The highest BCUT2D eigenvalue weighted by molar-refractivity contribution is 8.18. The van der Waals surface area contributed by atoms with Gasteiger partial charge in [0.1, 0.15) is 12.4 Å². The van der Waals surface area contributed by atoms with Crippen LogP contribution in [0.25, 0.3) is 6.08 Å². The molecule has 1 aliphatic heterocycles. The van der Waals surface area contributed by atoms with Gasteiger partial charge < -0.3 is 4.74 Å². The summed E-state index contributed by atoms with van der Waals surface area (Å²) in [5.74, 6) is 0.773. The van der Waals surface area contributed by atoms with Crippen LogP contribution in [0.1, 0.15) is 43.2 Å². The molecule has 7 heteroatoms. The number of hydrogen-bond donors (Lipinski definition) is 0. The third kappa shape index (κ3) is 5.95. The van der Waals surface area contributed by atoms with E-state index in [0.717, 1.165) is 53.4 Å². The van der Waals surface area contributed by atoms with E-state index in [-0.39, 0.29) is 11.9 Å². The van der Waals surface area contributed by atoms with Crippen molar-refractivity contribution >= 4 is 46.2 Å². The first-order valence-corrected chi connectivity index (χ1v) is 13.0. The van der Waals surface area contributed by atoms with Gasteiger partial charge >= 0.3 is 0 Å². The van der Waals surface area contributed by atoms with Crippen molar-refractivity contribution < 1.29 is 9.53 Å². The lowest BCUT2D eigenvalue weighted by Crippen LogP contribution is -2.40. The lowest BCUT2D eigenvalue weighted by Gasteiger charge is -2.30. The van der Waals surface area contributed by atoms with Gasteiger partial charge in [0.2, 0.25) is 0 Å². The van der Waals surface area contributed by atoms with Gasteiger partial charge in [-0.15, -0.1) is 0 Å². The Bertz CT molecular complexity index is 1240. The number of nitrogens with zero attached hydrogens (tertiary/aromatic N) is 3. The number of aromatic nitrogens is 1. The summed E-state index contributed by atoms with van der Waals surface area (Å²) in [5, 5.41) is 1.44. The van der Waals surface area contributed by atoms with E-state index in [4.69, 9.17) is 21.3 Å². The molecule has 2 fully saturated rings. The second-order valence-corrected chi connectivity index (χ2v) is 10.1. The quantitative estimate of drug-likeness (QED) is 0.332. The zero-order valence-corrected chi connectivity index (χ0v) is 20.8. The highest BCUT2D eigenvalue weighted by atomic mass is 35.5. The van der Waals surface area contributed by atoms with Crippen molar-refractivity contribution in [1.29, 1.82) is 0 Å². The van der Waals surface area contributed by atoms with E-state index in [1.807, 2.05) is 71.6 Å². The van der Waals surface area contributed by atoms with Crippen LogP contribution in [-0.4, -0.2) is 27.0 Å². The van der Waals surface area contributed by atoms with Crippen molar-refractivity contribution in [2.75, 3.05) is 0 Å². The van der Waals surface area contributed by atoms with Gasteiger partial charge in [-0.3, -0.25) is 14.7 Å². The van der Waals surface area contributed by atoms with Crippen LogP contribution in [0.4, 0.5) is 5.69 Å². The highest BCUT2D eigenvalue weighted by Gasteiger charge is 2.38. The smallest absolute Gasteiger partial charge is 0.267 e. The number of carbonyl (C=O) groups excluding carboxylic acids is 1. The van der Waals surface area contributed by atoms with Gasteiger partial charge in [0, 0.05) is 17.3 Å². The first-order chi connectivity index (χ1) is 17.2. The summed E-state index contributed by atoms with van der Waals surface area (Å²) >= 11 is 7.40. The molecule has 0 N–H and O–H groups in total. The summed E-state index contributed by atoms with van der Waals surface area (Å²) in [7, 11) is 0. The maximum Gasteiger partial charge on any atom is 0.267 e. The van der Waals surface area contributed by atoms with Crippen LogP contribution in [-0.2, 0) is 11.4 Å². The number of carbonyl (C=O) groups is 1. The SMILES string of the molecule is O=C1/C(=C/c2cccc(OCc3ccc(Cl)cc3)c2)SC(=Nc2cccnc2)N1C1CCCCC1. The summed E-state index contributed by atoms with van der Waals surface area (Å²) < 4.78 is 5.98. The fourth-order valence-electron chi connectivity index (χ4n) is 4.35. The molecule has 0 spiro atoms. The molecule has 2 heterocycles. The Balaban J connectivity index is 1.37. The molecule has 5 rings (SSSR count). The molecular weight excluding hydrogens is 478 g/mol. The molecule has 2 aromatic carbocycles. The van der Waals surface area contributed by atoms with Gasteiger partial charge in [-0.25, -0.2) is 4.99 Å². The minimum atomic E-state index is 0.0250. The predicted octanol–water partition coefficient (Wildman–Crippen LogP) is 7.25. The summed E-state index contributed by atoms with van der Waals surface area (Å²) in [4.78, 5) is 25.1. The summed E-state index contributed by atoms with van der Waals surface area (Å²) in [6.07, 6.45) is 10.9. The Morgan fingerprint density at radius 1 is 1.09 bits per heavy atom. The molecule has 1 saturated carbocycles. The monoisotopic (exact) mass is 503 g/mol. The Morgan fingerprint density at radius 3 is 2.69 bits per heavy atom. The topological polar surface area (TPSA) is 54.8 Å². The zero-order valence-electron chi connectivity index (χ0n) is 19.3. The Labute approximate surface area is 214 Å². The van der Waals surface area contributed by atoms with Gasteiger partial charge in [0.25, 0.3) is 5.91 Å². The second-order valence-electron chi connectivity index (χ2n) is 8.67. The van der Waals surface area contributed by atoms with Crippen molar-refractivity contribution in [2.45, 2.75) is 44.8 Å². The fourth-order valence-corrected chi connectivity index (χ4v) is 5.53. The van der Waals surface area contributed by atoms with Gasteiger partial charge in [0.05, 0.1) is 16.8 Å².